The van der Waals surface area contributed by atoms with Crippen LogP contribution in [-0.4, -0.2) is 27.6 Å². The van der Waals surface area contributed by atoms with Crippen molar-refractivity contribution in [3.63, 3.8) is 0 Å². The van der Waals surface area contributed by atoms with E-state index in [9.17, 15) is 44.8 Å². The third-order valence-corrected chi connectivity index (χ3v) is 3.61. The first-order valence-corrected chi connectivity index (χ1v) is 7.12. The number of carbonyl (C=O) groups excluding carboxylic acids is 3. The van der Waals surface area contributed by atoms with Crippen molar-refractivity contribution in [2.24, 2.45) is 0 Å². The minimum atomic E-state index is -2.39. The number of hydrogen-bond donors (Lipinski definition) is 0. The van der Waals surface area contributed by atoms with E-state index in [-0.39, 0.29) is 16.8 Å². The van der Waals surface area contributed by atoms with Gasteiger partial charge in [-0.2, -0.15) is 0 Å². The number of nitrogens with zero attached hydrogens (tertiary/aromatic N) is 2. The highest BCUT2D eigenvalue weighted by molar-refractivity contribution is 6.09. The molecule has 0 aliphatic rings. The van der Waals surface area contributed by atoms with Crippen LogP contribution in [0.3, 0.4) is 0 Å². The van der Waals surface area contributed by atoms with Gasteiger partial charge in [-0.1, -0.05) is 12.1 Å². The third kappa shape index (κ3) is 3.92. The summed E-state index contributed by atoms with van der Waals surface area (Å²) in [5.74, 6) is -7.34. The van der Waals surface area contributed by atoms with Gasteiger partial charge in [-0.05, 0) is 12.1 Å². The van der Waals surface area contributed by atoms with Crippen molar-refractivity contribution in [2.75, 3.05) is 0 Å². The highest BCUT2D eigenvalue weighted by atomic mass is 16.6. The van der Waals surface area contributed by atoms with Crippen LogP contribution in [0.4, 0.5) is 11.4 Å². The third-order valence-electron chi connectivity index (χ3n) is 3.61. The molecular weight excluding hydrogens is 364 g/mol. The minimum Gasteiger partial charge on any atom is -0.549 e. The number of aliphatic carboxylic acids is 2. The van der Waals surface area contributed by atoms with E-state index >= 15 is 0 Å². The standard InChI is InChI=1S/C16H10N2O9/c19-14(8-1-4-10(5-2-8)17(24)25)9-3-6-11(12(7-9)18(26)27)13(15(20)21)16(22)23/h1-7,13H,(H,20,21)(H,22,23)/p-2. The number of nitro groups is 2. The Hall–Kier alpha value is -4.15. The van der Waals surface area contributed by atoms with Gasteiger partial charge in [0.15, 0.2) is 5.78 Å². The molecule has 0 aromatic heterocycles. The molecule has 0 aliphatic carbocycles. The molecule has 11 nitrogen and oxygen atoms in total. The fourth-order valence-corrected chi connectivity index (χ4v) is 2.34. The van der Waals surface area contributed by atoms with Crippen LogP contribution in [0.15, 0.2) is 42.5 Å². The minimum absolute atomic E-state index is 0.0148. The van der Waals surface area contributed by atoms with Crippen LogP contribution in [-0.2, 0) is 9.59 Å². The van der Waals surface area contributed by atoms with E-state index in [1.165, 1.54) is 0 Å². The van der Waals surface area contributed by atoms with Crippen LogP contribution in [0.1, 0.15) is 27.4 Å². The summed E-state index contributed by atoms with van der Waals surface area (Å²) in [6.07, 6.45) is 0. The molecule has 0 bridgehead atoms. The summed E-state index contributed by atoms with van der Waals surface area (Å²) in [5, 5.41) is 43.8. The van der Waals surface area contributed by atoms with Gasteiger partial charge in [0, 0.05) is 34.9 Å². The average molecular weight is 372 g/mol. The zero-order chi connectivity index (χ0) is 20.3. The molecule has 0 saturated carbocycles. The maximum atomic E-state index is 12.4. The summed E-state index contributed by atoms with van der Waals surface area (Å²) >= 11 is 0. The number of benzene rings is 2. The molecule has 138 valence electrons. The SMILES string of the molecule is O=C(c1ccc([N+](=O)[O-])cc1)c1ccc(C(C(=O)[O-])C(=O)[O-])c([N+](=O)[O-])c1. The molecule has 0 unspecified atom stereocenters. The summed E-state index contributed by atoms with van der Waals surface area (Å²) in [7, 11) is 0. The van der Waals surface area contributed by atoms with Crippen molar-refractivity contribution in [1.82, 2.24) is 0 Å². The fraction of sp³-hybridized carbons (Fsp3) is 0.0625. The lowest BCUT2D eigenvalue weighted by atomic mass is 9.94. The summed E-state index contributed by atoms with van der Waals surface area (Å²) in [4.78, 5) is 54.4. The molecule has 0 atom stereocenters. The van der Waals surface area contributed by atoms with E-state index in [1.807, 2.05) is 0 Å². The van der Waals surface area contributed by atoms with Gasteiger partial charge in [0.25, 0.3) is 11.4 Å². The second kappa shape index (κ2) is 7.39. The normalized spacial score (nSPS) is 10.4. The number of carboxylic acids is 2. The molecule has 11 heteroatoms. The van der Waals surface area contributed by atoms with Gasteiger partial charge in [-0.25, -0.2) is 0 Å². The topological polar surface area (TPSA) is 184 Å². The number of hydrogen-bond acceptors (Lipinski definition) is 9. The van der Waals surface area contributed by atoms with Crippen LogP contribution >= 0.6 is 0 Å². The van der Waals surface area contributed by atoms with Gasteiger partial charge >= 0.3 is 0 Å². The summed E-state index contributed by atoms with van der Waals surface area (Å²) in [6, 6.07) is 6.96. The van der Waals surface area contributed by atoms with E-state index in [0.717, 1.165) is 42.5 Å². The molecule has 27 heavy (non-hydrogen) atoms. The fourth-order valence-electron chi connectivity index (χ4n) is 2.34. The maximum Gasteiger partial charge on any atom is 0.274 e. The van der Waals surface area contributed by atoms with Crippen molar-refractivity contribution in [3.05, 3.63) is 79.4 Å². The molecule has 2 rings (SSSR count). The van der Waals surface area contributed by atoms with Gasteiger partial charge < -0.3 is 19.8 Å². The Balaban J connectivity index is 2.50. The number of ketones is 1. The Kier molecular flexibility index (Phi) is 5.25. The Labute approximate surface area is 149 Å². The van der Waals surface area contributed by atoms with Gasteiger partial charge in [0.1, 0.15) is 0 Å². The lowest BCUT2D eigenvalue weighted by Gasteiger charge is -2.19. The molecule has 2 aromatic carbocycles. The Bertz CT molecular complexity index is 952. The van der Waals surface area contributed by atoms with Crippen molar-refractivity contribution in [3.8, 4) is 0 Å². The largest absolute Gasteiger partial charge is 0.549 e. The Morgan fingerprint density at radius 2 is 1.30 bits per heavy atom. The lowest BCUT2D eigenvalue weighted by Crippen LogP contribution is -2.41. The lowest BCUT2D eigenvalue weighted by molar-refractivity contribution is -0.386. The molecule has 0 amide bonds. The number of carboxylic acid groups (broad SMARTS) is 2. The van der Waals surface area contributed by atoms with Crippen LogP contribution in [0.2, 0.25) is 0 Å². The van der Waals surface area contributed by atoms with Gasteiger partial charge in [0.2, 0.25) is 0 Å². The highest BCUT2D eigenvalue weighted by Crippen LogP contribution is 2.28. The molecule has 0 fully saturated rings. The second-order valence-corrected chi connectivity index (χ2v) is 5.23. The summed E-state index contributed by atoms with van der Waals surface area (Å²) in [5.41, 5.74) is -2.14. The smallest absolute Gasteiger partial charge is 0.274 e. The Morgan fingerprint density at radius 3 is 1.74 bits per heavy atom. The van der Waals surface area contributed by atoms with Crippen molar-refractivity contribution in [1.29, 1.82) is 0 Å². The van der Waals surface area contributed by atoms with Crippen molar-refractivity contribution in [2.45, 2.75) is 5.92 Å². The van der Waals surface area contributed by atoms with Crippen molar-refractivity contribution < 1.29 is 34.4 Å². The first kappa shape index (κ1) is 19.2. The van der Waals surface area contributed by atoms with Gasteiger partial charge in [-0.3, -0.25) is 25.0 Å². The highest BCUT2D eigenvalue weighted by Gasteiger charge is 2.26. The van der Waals surface area contributed by atoms with E-state index < -0.39 is 44.7 Å². The number of carbonyl (C=O) groups is 3. The predicted octanol–water partition coefficient (Wildman–Crippen LogP) is -0.683. The van der Waals surface area contributed by atoms with Gasteiger partial charge in [0.05, 0.1) is 27.7 Å². The molecule has 0 N–H and O–H groups in total. The van der Waals surface area contributed by atoms with Crippen LogP contribution in [0, 0.1) is 20.2 Å². The summed E-state index contributed by atoms with van der Waals surface area (Å²) < 4.78 is 0. The van der Waals surface area contributed by atoms with Crippen molar-refractivity contribution >= 4 is 29.1 Å². The average Bonchev–Trinajstić information content (AvgIpc) is 2.60. The zero-order valence-electron chi connectivity index (χ0n) is 13.2. The molecule has 2 aromatic rings. The molecule has 0 heterocycles. The molecule has 0 saturated heterocycles. The number of non-ortho nitro benzene ring substituents is 1. The Morgan fingerprint density at radius 1 is 0.778 bits per heavy atom. The van der Waals surface area contributed by atoms with E-state index in [2.05, 4.69) is 0 Å². The number of nitro benzene ring substituents is 2. The van der Waals surface area contributed by atoms with E-state index in [1.54, 1.807) is 0 Å². The van der Waals surface area contributed by atoms with Crippen LogP contribution in [0.25, 0.3) is 0 Å². The molecular formula is C16H8N2O9-2. The first-order valence-electron chi connectivity index (χ1n) is 7.12. The first-order chi connectivity index (χ1) is 12.6. The quantitative estimate of drug-likeness (QED) is 0.263. The van der Waals surface area contributed by atoms with Crippen LogP contribution < -0.4 is 10.2 Å². The monoisotopic (exact) mass is 372 g/mol. The molecule has 0 spiro atoms. The summed E-state index contributed by atoms with van der Waals surface area (Å²) in [6.45, 7) is 0. The second-order valence-electron chi connectivity index (χ2n) is 5.23. The molecule has 0 radical (unpaired) electrons. The van der Waals surface area contributed by atoms with E-state index in [4.69, 9.17) is 0 Å². The predicted molar refractivity (Wildman–Crippen MR) is 82.4 cm³/mol. The van der Waals surface area contributed by atoms with Gasteiger partial charge in [-0.15, -0.1) is 0 Å². The van der Waals surface area contributed by atoms with Crippen LogP contribution in [0.5, 0.6) is 0 Å². The molecule has 0 aliphatic heterocycles. The zero-order valence-corrected chi connectivity index (χ0v) is 13.2. The maximum absolute atomic E-state index is 12.4. The number of rotatable bonds is 7. The van der Waals surface area contributed by atoms with E-state index in [0.29, 0.717) is 0 Å².